The number of alkyl halides is 2. The number of ether oxygens (including phenoxy) is 2. The van der Waals surface area contributed by atoms with Crippen LogP contribution in [0.1, 0.15) is 50.3 Å². The number of halogens is 2. The van der Waals surface area contributed by atoms with E-state index in [1.807, 2.05) is 0 Å². The lowest BCUT2D eigenvalue weighted by Gasteiger charge is -2.20. The number of pyridine rings is 1. The molecule has 22 heavy (non-hydrogen) atoms. The third-order valence-corrected chi connectivity index (χ3v) is 2.20. The molecule has 0 aliphatic rings. The standard InChI is InChI=1S/C14H18F2N2O4/c1-5-21-12(19)10-7-8(6-9(18-10)11(15)16)17-13(20)22-14(2,3)4/h6-7,11H,5H2,1-4H3,(H,17,18,20). The molecule has 1 N–H and O–H groups in total. The van der Waals surface area contributed by atoms with E-state index in [2.05, 4.69) is 10.3 Å². The minimum absolute atomic E-state index is 0.0254. The van der Waals surface area contributed by atoms with Crippen molar-refractivity contribution < 1.29 is 27.8 Å². The monoisotopic (exact) mass is 316 g/mol. The van der Waals surface area contributed by atoms with E-state index in [4.69, 9.17) is 9.47 Å². The molecule has 0 aliphatic heterocycles. The SMILES string of the molecule is CCOC(=O)c1cc(NC(=O)OC(C)(C)C)cc(C(F)F)n1. The third-order valence-electron chi connectivity index (χ3n) is 2.20. The van der Waals surface area contributed by atoms with Gasteiger partial charge in [0.2, 0.25) is 0 Å². The van der Waals surface area contributed by atoms with Gasteiger partial charge in [-0.25, -0.2) is 23.4 Å². The fourth-order valence-corrected chi connectivity index (χ4v) is 1.47. The molecule has 0 fully saturated rings. The first-order valence-corrected chi connectivity index (χ1v) is 6.59. The van der Waals surface area contributed by atoms with Crippen LogP contribution in [0.2, 0.25) is 0 Å². The number of esters is 1. The molecule has 8 heteroatoms. The van der Waals surface area contributed by atoms with Crippen LogP contribution in [0.4, 0.5) is 19.3 Å². The van der Waals surface area contributed by atoms with Crippen LogP contribution < -0.4 is 5.32 Å². The molecule has 0 radical (unpaired) electrons. The summed E-state index contributed by atoms with van der Waals surface area (Å²) in [4.78, 5) is 26.8. The highest BCUT2D eigenvalue weighted by Crippen LogP contribution is 2.22. The van der Waals surface area contributed by atoms with Crippen molar-refractivity contribution in [3.8, 4) is 0 Å². The predicted octanol–water partition coefficient (Wildman–Crippen LogP) is 3.54. The van der Waals surface area contributed by atoms with E-state index in [0.29, 0.717) is 0 Å². The van der Waals surface area contributed by atoms with Crippen molar-refractivity contribution in [3.05, 3.63) is 23.5 Å². The number of anilines is 1. The second-order valence-electron chi connectivity index (χ2n) is 5.31. The molecule has 0 aliphatic carbocycles. The highest BCUT2D eigenvalue weighted by atomic mass is 19.3. The number of carbonyl (C=O) groups is 2. The van der Waals surface area contributed by atoms with Crippen molar-refractivity contribution in [3.63, 3.8) is 0 Å². The first kappa shape index (κ1) is 17.8. The Balaban J connectivity index is 3.03. The molecule has 0 saturated carbocycles. The molecule has 1 aromatic heterocycles. The van der Waals surface area contributed by atoms with Gasteiger partial charge in [-0.15, -0.1) is 0 Å². The molecule has 1 heterocycles. The van der Waals surface area contributed by atoms with Crippen LogP contribution in [0, 0.1) is 0 Å². The van der Waals surface area contributed by atoms with Crippen LogP contribution in [0.15, 0.2) is 12.1 Å². The Morgan fingerprint density at radius 3 is 2.45 bits per heavy atom. The lowest BCUT2D eigenvalue weighted by Crippen LogP contribution is -2.27. The molecule has 0 atom stereocenters. The quantitative estimate of drug-likeness (QED) is 0.860. The number of hydrogen-bond donors (Lipinski definition) is 1. The van der Waals surface area contributed by atoms with Gasteiger partial charge in [0.1, 0.15) is 11.3 Å². The summed E-state index contributed by atoms with van der Waals surface area (Å²) in [6.45, 7) is 6.64. The van der Waals surface area contributed by atoms with Crippen LogP contribution >= 0.6 is 0 Å². The number of hydrogen-bond acceptors (Lipinski definition) is 5. The van der Waals surface area contributed by atoms with Crippen LogP contribution in [0.25, 0.3) is 0 Å². The Kier molecular flexibility index (Phi) is 5.78. The Morgan fingerprint density at radius 1 is 1.32 bits per heavy atom. The molecular formula is C14H18F2N2O4. The fraction of sp³-hybridized carbons (Fsp3) is 0.500. The molecule has 0 saturated heterocycles. The minimum atomic E-state index is -2.89. The highest BCUT2D eigenvalue weighted by Gasteiger charge is 2.20. The zero-order chi connectivity index (χ0) is 16.9. The number of rotatable bonds is 4. The van der Waals surface area contributed by atoms with E-state index in [9.17, 15) is 18.4 Å². The van der Waals surface area contributed by atoms with E-state index < -0.39 is 29.8 Å². The summed E-state index contributed by atoms with van der Waals surface area (Å²) in [6.07, 6.45) is -3.72. The topological polar surface area (TPSA) is 77.5 Å². The van der Waals surface area contributed by atoms with Gasteiger partial charge >= 0.3 is 12.1 Å². The molecule has 0 spiro atoms. The number of nitrogens with one attached hydrogen (secondary N) is 1. The van der Waals surface area contributed by atoms with E-state index in [-0.39, 0.29) is 18.0 Å². The molecule has 0 bridgehead atoms. The Bertz CT molecular complexity index is 556. The van der Waals surface area contributed by atoms with Gasteiger partial charge in [-0.1, -0.05) is 0 Å². The van der Waals surface area contributed by atoms with Gasteiger partial charge in [0.05, 0.1) is 6.61 Å². The summed E-state index contributed by atoms with van der Waals surface area (Å²) in [6, 6.07) is 2.12. The van der Waals surface area contributed by atoms with Gasteiger partial charge in [-0.2, -0.15) is 0 Å². The summed E-state index contributed by atoms with van der Waals surface area (Å²) in [7, 11) is 0. The molecule has 6 nitrogen and oxygen atoms in total. The van der Waals surface area contributed by atoms with Crippen molar-refractivity contribution in [2.45, 2.75) is 39.7 Å². The lowest BCUT2D eigenvalue weighted by atomic mass is 10.2. The minimum Gasteiger partial charge on any atom is -0.461 e. The average molecular weight is 316 g/mol. The first-order valence-electron chi connectivity index (χ1n) is 6.59. The van der Waals surface area contributed by atoms with Gasteiger partial charge in [0.15, 0.2) is 5.69 Å². The van der Waals surface area contributed by atoms with Crippen molar-refractivity contribution in [1.29, 1.82) is 0 Å². The molecule has 1 aromatic rings. The summed E-state index contributed by atoms with van der Waals surface area (Å²) in [5.74, 6) is -0.850. The average Bonchev–Trinajstić information content (AvgIpc) is 2.36. The van der Waals surface area contributed by atoms with E-state index in [0.717, 1.165) is 12.1 Å². The largest absolute Gasteiger partial charge is 0.461 e. The fourth-order valence-electron chi connectivity index (χ4n) is 1.47. The molecule has 0 aromatic carbocycles. The summed E-state index contributed by atoms with van der Waals surface area (Å²) in [5.41, 5.74) is -1.72. The van der Waals surface area contributed by atoms with Crippen molar-refractivity contribution in [2.75, 3.05) is 11.9 Å². The summed E-state index contributed by atoms with van der Waals surface area (Å²) >= 11 is 0. The highest BCUT2D eigenvalue weighted by molar-refractivity contribution is 5.91. The Morgan fingerprint density at radius 2 is 1.95 bits per heavy atom. The lowest BCUT2D eigenvalue weighted by molar-refractivity contribution is 0.0516. The van der Waals surface area contributed by atoms with Crippen molar-refractivity contribution in [1.82, 2.24) is 4.98 Å². The van der Waals surface area contributed by atoms with Gasteiger partial charge in [-0.05, 0) is 39.8 Å². The third kappa shape index (κ3) is 5.63. The normalized spacial score (nSPS) is 11.2. The van der Waals surface area contributed by atoms with Crippen molar-refractivity contribution >= 4 is 17.7 Å². The smallest absolute Gasteiger partial charge is 0.412 e. The summed E-state index contributed by atoms with van der Waals surface area (Å²) < 4.78 is 35.4. The second-order valence-corrected chi connectivity index (χ2v) is 5.31. The number of amides is 1. The molecular weight excluding hydrogens is 298 g/mol. The maximum atomic E-state index is 12.8. The Labute approximate surface area is 126 Å². The molecule has 1 amide bonds. The van der Waals surface area contributed by atoms with Crippen LogP contribution in [-0.4, -0.2) is 29.3 Å². The van der Waals surface area contributed by atoms with Crippen LogP contribution in [-0.2, 0) is 9.47 Å². The van der Waals surface area contributed by atoms with Gasteiger partial charge in [-0.3, -0.25) is 5.32 Å². The predicted molar refractivity (Wildman–Crippen MR) is 75.0 cm³/mol. The maximum Gasteiger partial charge on any atom is 0.412 e. The number of carbonyl (C=O) groups excluding carboxylic acids is 2. The molecule has 1 rings (SSSR count). The molecule has 122 valence electrons. The zero-order valence-electron chi connectivity index (χ0n) is 12.8. The van der Waals surface area contributed by atoms with E-state index in [1.165, 1.54) is 0 Å². The van der Waals surface area contributed by atoms with Crippen LogP contribution in [0.3, 0.4) is 0 Å². The van der Waals surface area contributed by atoms with E-state index >= 15 is 0 Å². The summed E-state index contributed by atoms with van der Waals surface area (Å²) in [5, 5.41) is 2.29. The first-order chi connectivity index (χ1) is 10.1. The van der Waals surface area contributed by atoms with Gasteiger partial charge < -0.3 is 9.47 Å². The van der Waals surface area contributed by atoms with Crippen molar-refractivity contribution in [2.24, 2.45) is 0 Å². The maximum absolute atomic E-state index is 12.8. The van der Waals surface area contributed by atoms with Gasteiger partial charge in [0, 0.05) is 5.69 Å². The van der Waals surface area contributed by atoms with Gasteiger partial charge in [0.25, 0.3) is 6.43 Å². The van der Waals surface area contributed by atoms with Crippen LogP contribution in [0.5, 0.6) is 0 Å². The second kappa shape index (κ2) is 7.15. The molecule has 0 unspecified atom stereocenters. The zero-order valence-corrected chi connectivity index (χ0v) is 12.8. The Hall–Kier alpha value is -2.25. The number of nitrogens with zero attached hydrogens (tertiary/aromatic N) is 1. The van der Waals surface area contributed by atoms with E-state index in [1.54, 1.807) is 27.7 Å². The number of aromatic nitrogens is 1.